The summed E-state index contributed by atoms with van der Waals surface area (Å²) in [5.74, 6) is 0.0290. The molecule has 1 amide bonds. The monoisotopic (exact) mass is 480 g/mol. The summed E-state index contributed by atoms with van der Waals surface area (Å²) in [6.45, 7) is 4.20. The smallest absolute Gasteiger partial charge is 0.398 e. The summed E-state index contributed by atoms with van der Waals surface area (Å²) in [6.07, 6.45) is -0.0986. The zero-order chi connectivity index (χ0) is 25.1. The zero-order valence-electron chi connectivity index (χ0n) is 19.1. The lowest BCUT2D eigenvalue weighted by Crippen LogP contribution is -2.44. The Bertz CT molecular complexity index is 913. The molecule has 2 aromatic rings. The van der Waals surface area contributed by atoms with Crippen LogP contribution in [0.5, 0.6) is 0 Å². The van der Waals surface area contributed by atoms with Gasteiger partial charge in [-0.3, -0.25) is 19.5 Å². The molecular weight excluding hydrogens is 449 g/mol. The van der Waals surface area contributed by atoms with Crippen LogP contribution in [-0.4, -0.2) is 52.9 Å². The van der Waals surface area contributed by atoms with E-state index in [-0.39, 0.29) is 24.5 Å². The Kier molecular flexibility index (Phi) is 10.5. The number of rotatable bonds is 7. The molecule has 0 aliphatic carbocycles. The van der Waals surface area contributed by atoms with Crippen molar-refractivity contribution in [3.05, 3.63) is 59.4 Å². The van der Waals surface area contributed by atoms with Crippen LogP contribution in [0.3, 0.4) is 0 Å². The van der Waals surface area contributed by atoms with Crippen molar-refractivity contribution in [2.75, 3.05) is 25.4 Å². The van der Waals surface area contributed by atoms with Gasteiger partial charge in [0.2, 0.25) is 5.91 Å². The number of halogens is 3. The maximum absolute atomic E-state index is 12.2. The fourth-order valence-corrected chi connectivity index (χ4v) is 3.63. The van der Waals surface area contributed by atoms with Crippen LogP contribution in [0.4, 0.5) is 18.9 Å². The molecule has 1 aromatic heterocycles. The number of hydrogen-bond donors (Lipinski definition) is 3. The molecule has 0 bridgehead atoms. The predicted octanol–water partition coefficient (Wildman–Crippen LogP) is 3.28. The van der Waals surface area contributed by atoms with Crippen LogP contribution >= 0.6 is 0 Å². The van der Waals surface area contributed by atoms with Gasteiger partial charge in [-0.15, -0.1) is 0 Å². The van der Waals surface area contributed by atoms with Gasteiger partial charge >= 0.3 is 6.18 Å². The van der Waals surface area contributed by atoms with E-state index in [0.29, 0.717) is 17.8 Å². The maximum atomic E-state index is 12.2. The first kappa shape index (κ1) is 27.3. The Morgan fingerprint density at radius 2 is 1.97 bits per heavy atom. The van der Waals surface area contributed by atoms with Crippen LogP contribution < -0.4 is 11.1 Å². The summed E-state index contributed by atoms with van der Waals surface area (Å²) in [6, 6.07) is 9.03. The average Bonchev–Trinajstić information content (AvgIpc) is 2.83. The van der Waals surface area contributed by atoms with E-state index in [2.05, 4.69) is 15.2 Å². The number of benzene rings is 1. The number of likely N-dealkylation sites (tertiary alicyclic amines) is 1. The van der Waals surface area contributed by atoms with Gasteiger partial charge in [0.15, 0.2) is 6.29 Å². The quantitative estimate of drug-likeness (QED) is 0.415. The van der Waals surface area contributed by atoms with Crippen molar-refractivity contribution in [1.29, 1.82) is 0 Å². The highest BCUT2D eigenvalue weighted by atomic mass is 19.4. The van der Waals surface area contributed by atoms with E-state index in [0.717, 1.165) is 56.5 Å². The van der Waals surface area contributed by atoms with Crippen LogP contribution in [0.25, 0.3) is 0 Å². The number of carbonyl (C=O) groups is 2. The molecule has 10 heteroatoms. The van der Waals surface area contributed by atoms with Gasteiger partial charge in [0, 0.05) is 29.9 Å². The molecule has 0 saturated carbocycles. The lowest BCUT2D eigenvalue weighted by molar-refractivity contribution is -0.141. The molecule has 7 nitrogen and oxygen atoms in total. The number of carbonyl (C=O) groups excluding carboxylic acids is 2. The number of anilines is 1. The third-order valence-corrected chi connectivity index (χ3v) is 5.72. The van der Waals surface area contributed by atoms with E-state index in [9.17, 15) is 27.9 Å². The standard InChI is InChI=1S/C18H27N3O3.C6H4F3N/c1-2-15(11-22)20-18(24)13-6-8-21(9-7-13)10-14-4-3-5-17(19)16(14)12-23;7-6(8,9)5-3-1-2-4-10-5/h3-5,12-13,15,22H,2,6-11,19H2,1H3,(H,20,24);1-4H. The van der Waals surface area contributed by atoms with Gasteiger partial charge in [-0.05, 0) is 56.1 Å². The van der Waals surface area contributed by atoms with Crippen molar-refractivity contribution in [2.24, 2.45) is 5.92 Å². The van der Waals surface area contributed by atoms with Crippen LogP contribution in [0.2, 0.25) is 0 Å². The lowest BCUT2D eigenvalue weighted by atomic mass is 9.94. The molecule has 1 aromatic carbocycles. The fourth-order valence-electron chi connectivity index (χ4n) is 3.63. The molecule has 2 heterocycles. The Morgan fingerprint density at radius 1 is 1.26 bits per heavy atom. The molecule has 4 N–H and O–H groups in total. The zero-order valence-corrected chi connectivity index (χ0v) is 19.1. The van der Waals surface area contributed by atoms with Crippen LogP contribution in [0, 0.1) is 5.92 Å². The largest absolute Gasteiger partial charge is 0.433 e. The van der Waals surface area contributed by atoms with Gasteiger partial charge < -0.3 is 16.2 Å². The second-order valence-corrected chi connectivity index (χ2v) is 8.10. The number of aliphatic hydroxyl groups is 1. The second-order valence-electron chi connectivity index (χ2n) is 8.10. The minimum atomic E-state index is -4.32. The van der Waals surface area contributed by atoms with E-state index in [1.54, 1.807) is 6.07 Å². The average molecular weight is 481 g/mol. The first-order chi connectivity index (χ1) is 16.2. The fraction of sp³-hybridized carbons (Fsp3) is 0.458. The molecule has 186 valence electrons. The third kappa shape index (κ3) is 8.11. The van der Waals surface area contributed by atoms with Crippen molar-refractivity contribution >= 4 is 17.9 Å². The van der Waals surface area contributed by atoms with Crippen LogP contribution in [0.15, 0.2) is 42.6 Å². The van der Waals surface area contributed by atoms with Crippen LogP contribution in [0.1, 0.15) is 47.8 Å². The molecular formula is C24H31F3N4O3. The minimum Gasteiger partial charge on any atom is -0.398 e. The molecule has 0 spiro atoms. The van der Waals surface area contributed by atoms with Crippen LogP contribution in [-0.2, 0) is 17.5 Å². The first-order valence-electron chi connectivity index (χ1n) is 11.1. The number of pyridine rings is 1. The summed E-state index contributed by atoms with van der Waals surface area (Å²) in [5, 5.41) is 12.1. The number of alkyl halides is 3. The van der Waals surface area contributed by atoms with Crippen molar-refractivity contribution < 1.29 is 27.9 Å². The second kappa shape index (κ2) is 13.0. The highest BCUT2D eigenvalue weighted by molar-refractivity contribution is 5.85. The number of nitrogens with one attached hydrogen (secondary N) is 1. The number of nitrogens with zero attached hydrogens (tertiary/aromatic N) is 2. The molecule has 1 aliphatic rings. The van der Waals surface area contributed by atoms with Gasteiger partial charge in [0.05, 0.1) is 12.6 Å². The molecule has 1 aliphatic heterocycles. The lowest BCUT2D eigenvalue weighted by Gasteiger charge is -2.32. The van der Waals surface area contributed by atoms with Crippen molar-refractivity contribution in [2.45, 2.75) is 44.9 Å². The summed E-state index contributed by atoms with van der Waals surface area (Å²) in [4.78, 5) is 28.8. The summed E-state index contributed by atoms with van der Waals surface area (Å²) in [7, 11) is 0. The topological polar surface area (TPSA) is 109 Å². The van der Waals surface area contributed by atoms with Gasteiger partial charge in [-0.2, -0.15) is 13.2 Å². The van der Waals surface area contributed by atoms with E-state index in [1.165, 1.54) is 12.1 Å². The SMILES string of the molecule is CCC(CO)NC(=O)C1CCN(Cc2cccc(N)c2C=O)CC1.FC(F)(F)c1ccccn1. The van der Waals surface area contributed by atoms with Gasteiger partial charge in [0.1, 0.15) is 5.69 Å². The number of hydrogen-bond acceptors (Lipinski definition) is 6. The van der Waals surface area contributed by atoms with E-state index >= 15 is 0 Å². The summed E-state index contributed by atoms with van der Waals surface area (Å²) >= 11 is 0. The number of piperidine rings is 1. The minimum absolute atomic E-state index is 0.00626. The number of nitrogen functional groups attached to an aromatic ring is 1. The molecule has 3 rings (SSSR count). The van der Waals surface area contributed by atoms with Gasteiger partial charge in [-0.1, -0.05) is 25.1 Å². The highest BCUT2D eigenvalue weighted by Gasteiger charge is 2.31. The molecule has 34 heavy (non-hydrogen) atoms. The number of aldehydes is 1. The molecule has 1 saturated heterocycles. The normalized spacial score (nSPS) is 15.7. The van der Waals surface area contributed by atoms with Crippen molar-refractivity contribution in [3.8, 4) is 0 Å². The molecule has 1 unspecified atom stereocenters. The van der Waals surface area contributed by atoms with E-state index in [4.69, 9.17) is 5.73 Å². The Labute approximate surface area is 197 Å². The van der Waals surface area contributed by atoms with Crippen molar-refractivity contribution in [3.63, 3.8) is 0 Å². The third-order valence-electron chi connectivity index (χ3n) is 5.72. The Hall–Kier alpha value is -2.98. The van der Waals surface area contributed by atoms with Gasteiger partial charge in [-0.25, -0.2) is 0 Å². The molecule has 1 fully saturated rings. The van der Waals surface area contributed by atoms with Gasteiger partial charge in [0.25, 0.3) is 0 Å². The number of aliphatic hydroxyl groups excluding tert-OH is 1. The summed E-state index contributed by atoms with van der Waals surface area (Å²) < 4.78 is 35.2. The number of amides is 1. The first-order valence-corrected chi connectivity index (χ1v) is 11.1. The highest BCUT2D eigenvalue weighted by Crippen LogP contribution is 2.26. The maximum Gasteiger partial charge on any atom is 0.433 e. The Morgan fingerprint density at radius 3 is 2.47 bits per heavy atom. The Balaban J connectivity index is 0.000000340. The molecule has 1 atom stereocenters. The van der Waals surface area contributed by atoms with E-state index < -0.39 is 11.9 Å². The van der Waals surface area contributed by atoms with Crippen molar-refractivity contribution in [1.82, 2.24) is 15.2 Å². The number of aromatic nitrogens is 1. The summed E-state index contributed by atoms with van der Waals surface area (Å²) in [5.41, 5.74) is 6.99. The molecule has 0 radical (unpaired) electrons. The predicted molar refractivity (Wildman–Crippen MR) is 123 cm³/mol. The van der Waals surface area contributed by atoms with E-state index in [1.807, 2.05) is 19.1 Å². The number of nitrogens with two attached hydrogens (primary N) is 1.